The molecule has 0 bridgehead atoms. The first-order valence-corrected chi connectivity index (χ1v) is 3.78. The number of pyridine rings is 1. The van der Waals surface area contributed by atoms with Crippen molar-refractivity contribution in [2.24, 2.45) is 0 Å². The van der Waals surface area contributed by atoms with Crippen molar-refractivity contribution >= 4 is 17.6 Å². The average molecular weight is 197 g/mol. The third-order valence-corrected chi connectivity index (χ3v) is 1.54. The lowest BCUT2D eigenvalue weighted by molar-refractivity contribution is 0.0690. The van der Waals surface area contributed by atoms with Crippen molar-refractivity contribution in [2.75, 3.05) is 0 Å². The number of aromatic carboxylic acids is 1. The van der Waals surface area contributed by atoms with Crippen molar-refractivity contribution in [3.63, 3.8) is 0 Å². The van der Waals surface area contributed by atoms with E-state index in [2.05, 4.69) is 4.98 Å². The lowest BCUT2D eigenvalue weighted by Crippen LogP contribution is -2.02. The number of nitriles is 1. The Hall–Kier alpha value is -1.60. The maximum Gasteiger partial charge on any atom is 0.354 e. The van der Waals surface area contributed by atoms with E-state index in [1.165, 1.54) is 12.1 Å². The van der Waals surface area contributed by atoms with Crippen molar-refractivity contribution in [3.05, 3.63) is 28.5 Å². The highest BCUT2D eigenvalue weighted by Gasteiger charge is 2.07. The summed E-state index contributed by atoms with van der Waals surface area (Å²) < 4.78 is 0. The van der Waals surface area contributed by atoms with Gasteiger partial charge in [-0.05, 0) is 12.1 Å². The normalized spacial score (nSPS) is 9.23. The zero-order valence-electron chi connectivity index (χ0n) is 6.49. The largest absolute Gasteiger partial charge is 0.477 e. The molecule has 0 fully saturated rings. The fourth-order valence-electron chi connectivity index (χ4n) is 0.832. The number of hydrogen-bond donors (Lipinski definition) is 1. The van der Waals surface area contributed by atoms with Crippen LogP contribution in [0.4, 0.5) is 0 Å². The predicted molar refractivity (Wildman–Crippen MR) is 45.5 cm³/mol. The van der Waals surface area contributed by atoms with Gasteiger partial charge in [0.05, 0.1) is 18.2 Å². The molecule has 0 spiro atoms. The Labute approximate surface area is 79.4 Å². The van der Waals surface area contributed by atoms with Gasteiger partial charge in [0.1, 0.15) is 5.69 Å². The molecule has 0 aliphatic heterocycles. The van der Waals surface area contributed by atoms with E-state index in [0.29, 0.717) is 5.69 Å². The Morgan fingerprint density at radius 3 is 2.92 bits per heavy atom. The highest BCUT2D eigenvalue weighted by atomic mass is 35.5. The second-order valence-corrected chi connectivity index (χ2v) is 2.74. The van der Waals surface area contributed by atoms with E-state index in [1.54, 1.807) is 0 Å². The molecule has 0 aliphatic rings. The zero-order chi connectivity index (χ0) is 9.84. The van der Waals surface area contributed by atoms with Crippen LogP contribution in [0.15, 0.2) is 12.1 Å². The Kier molecular flexibility index (Phi) is 2.83. The summed E-state index contributed by atoms with van der Waals surface area (Å²) in [5.74, 6) is -1.15. The Morgan fingerprint density at radius 1 is 1.69 bits per heavy atom. The van der Waals surface area contributed by atoms with Gasteiger partial charge in [0.25, 0.3) is 0 Å². The smallest absolute Gasteiger partial charge is 0.354 e. The number of carbonyl (C=O) groups is 1. The van der Waals surface area contributed by atoms with E-state index >= 15 is 0 Å². The minimum absolute atomic E-state index is 0.0564. The van der Waals surface area contributed by atoms with E-state index < -0.39 is 5.97 Å². The SMILES string of the molecule is N#CCc1cc(Cl)cc(C(=O)O)n1. The van der Waals surface area contributed by atoms with Gasteiger partial charge >= 0.3 is 5.97 Å². The molecule has 66 valence electrons. The molecule has 1 aromatic rings. The maximum atomic E-state index is 10.5. The summed E-state index contributed by atoms with van der Waals surface area (Å²) in [6.45, 7) is 0. The molecule has 0 atom stereocenters. The average Bonchev–Trinajstić information content (AvgIpc) is 2.03. The molecule has 0 saturated carbocycles. The van der Waals surface area contributed by atoms with Crippen LogP contribution in [0, 0.1) is 11.3 Å². The van der Waals surface area contributed by atoms with Crippen LogP contribution in [-0.4, -0.2) is 16.1 Å². The molecule has 0 unspecified atom stereocenters. The summed E-state index contributed by atoms with van der Waals surface area (Å²) >= 11 is 5.62. The number of carboxylic acid groups (broad SMARTS) is 1. The quantitative estimate of drug-likeness (QED) is 0.778. The molecule has 4 nitrogen and oxygen atoms in total. The van der Waals surface area contributed by atoms with Gasteiger partial charge in [-0.1, -0.05) is 11.6 Å². The summed E-state index contributed by atoms with van der Waals surface area (Å²) in [6, 6.07) is 4.57. The van der Waals surface area contributed by atoms with Crippen LogP contribution in [0.2, 0.25) is 5.02 Å². The van der Waals surface area contributed by atoms with Crippen molar-refractivity contribution in [1.82, 2.24) is 4.98 Å². The van der Waals surface area contributed by atoms with E-state index in [4.69, 9.17) is 22.0 Å². The van der Waals surface area contributed by atoms with Gasteiger partial charge in [0.15, 0.2) is 0 Å². The molecular formula is C8H5ClN2O2. The molecule has 5 heteroatoms. The van der Waals surface area contributed by atoms with Crippen molar-refractivity contribution in [3.8, 4) is 6.07 Å². The van der Waals surface area contributed by atoms with Gasteiger partial charge in [0, 0.05) is 5.02 Å². The van der Waals surface area contributed by atoms with Crippen LogP contribution in [0.5, 0.6) is 0 Å². The van der Waals surface area contributed by atoms with Crippen LogP contribution in [0.1, 0.15) is 16.2 Å². The first kappa shape index (κ1) is 9.49. The minimum Gasteiger partial charge on any atom is -0.477 e. The third-order valence-electron chi connectivity index (χ3n) is 1.32. The molecule has 1 aromatic heterocycles. The fraction of sp³-hybridized carbons (Fsp3) is 0.125. The van der Waals surface area contributed by atoms with Gasteiger partial charge in [0.2, 0.25) is 0 Å². The molecule has 0 radical (unpaired) electrons. The van der Waals surface area contributed by atoms with Crippen LogP contribution < -0.4 is 0 Å². The standard InChI is InChI=1S/C8H5ClN2O2/c9-5-3-6(1-2-10)11-7(4-5)8(12)13/h3-4H,1H2,(H,12,13). The van der Waals surface area contributed by atoms with Gasteiger partial charge in [-0.25, -0.2) is 9.78 Å². The van der Waals surface area contributed by atoms with Gasteiger partial charge in [-0.3, -0.25) is 0 Å². The van der Waals surface area contributed by atoms with Gasteiger partial charge < -0.3 is 5.11 Å². The topological polar surface area (TPSA) is 74.0 Å². The highest BCUT2D eigenvalue weighted by Crippen LogP contribution is 2.12. The van der Waals surface area contributed by atoms with E-state index in [9.17, 15) is 4.79 Å². The molecule has 1 rings (SSSR count). The van der Waals surface area contributed by atoms with E-state index in [0.717, 1.165) is 0 Å². The molecule has 0 aliphatic carbocycles. The molecule has 1 heterocycles. The first-order chi connectivity index (χ1) is 6.13. The van der Waals surface area contributed by atoms with Crippen LogP contribution in [0.3, 0.4) is 0 Å². The second-order valence-electron chi connectivity index (χ2n) is 2.30. The summed E-state index contributed by atoms with van der Waals surface area (Å²) in [5, 5.41) is 17.2. The van der Waals surface area contributed by atoms with Gasteiger partial charge in [-0.2, -0.15) is 5.26 Å². The Balaban J connectivity index is 3.12. The highest BCUT2D eigenvalue weighted by molar-refractivity contribution is 6.30. The lowest BCUT2D eigenvalue weighted by Gasteiger charge is -1.98. The van der Waals surface area contributed by atoms with E-state index in [-0.39, 0.29) is 17.1 Å². The Morgan fingerprint density at radius 2 is 2.38 bits per heavy atom. The maximum absolute atomic E-state index is 10.5. The summed E-state index contributed by atoms with van der Waals surface area (Å²) in [6.07, 6.45) is 0.0564. The monoisotopic (exact) mass is 196 g/mol. The summed E-state index contributed by atoms with van der Waals surface area (Å²) in [5.41, 5.74) is 0.227. The number of rotatable bonds is 2. The van der Waals surface area contributed by atoms with Crippen molar-refractivity contribution < 1.29 is 9.90 Å². The first-order valence-electron chi connectivity index (χ1n) is 3.40. The lowest BCUT2D eigenvalue weighted by atomic mass is 10.2. The van der Waals surface area contributed by atoms with Gasteiger partial charge in [-0.15, -0.1) is 0 Å². The van der Waals surface area contributed by atoms with Crippen molar-refractivity contribution in [1.29, 1.82) is 5.26 Å². The van der Waals surface area contributed by atoms with Crippen LogP contribution in [-0.2, 0) is 6.42 Å². The fourth-order valence-corrected chi connectivity index (χ4v) is 1.06. The minimum atomic E-state index is -1.15. The summed E-state index contributed by atoms with van der Waals surface area (Å²) in [7, 11) is 0. The second kappa shape index (κ2) is 3.87. The van der Waals surface area contributed by atoms with Crippen LogP contribution >= 0.6 is 11.6 Å². The molecular weight excluding hydrogens is 192 g/mol. The molecule has 13 heavy (non-hydrogen) atoms. The molecule has 0 saturated heterocycles. The number of carboxylic acids is 1. The number of aromatic nitrogens is 1. The van der Waals surface area contributed by atoms with Crippen molar-refractivity contribution in [2.45, 2.75) is 6.42 Å². The number of hydrogen-bond acceptors (Lipinski definition) is 3. The zero-order valence-corrected chi connectivity index (χ0v) is 7.25. The molecule has 0 aromatic carbocycles. The summed E-state index contributed by atoms with van der Waals surface area (Å²) in [4.78, 5) is 14.2. The van der Waals surface area contributed by atoms with Crippen LogP contribution in [0.25, 0.3) is 0 Å². The predicted octanol–water partition coefficient (Wildman–Crippen LogP) is 1.50. The number of nitrogens with zero attached hydrogens (tertiary/aromatic N) is 2. The Bertz CT molecular complexity index is 384. The van der Waals surface area contributed by atoms with E-state index in [1.807, 2.05) is 6.07 Å². The molecule has 0 amide bonds. The third kappa shape index (κ3) is 2.42. The number of halogens is 1. The molecule has 1 N–H and O–H groups in total.